The van der Waals surface area contributed by atoms with E-state index < -0.39 is 5.95 Å². The summed E-state index contributed by atoms with van der Waals surface area (Å²) in [4.78, 5) is 7.41. The molecule has 0 N–H and O–H groups in total. The maximum Gasteiger partial charge on any atom is 0.242 e. The van der Waals surface area contributed by atoms with Gasteiger partial charge in [0.15, 0.2) is 0 Å². The van der Waals surface area contributed by atoms with Crippen LogP contribution < -0.4 is 0 Å². The molecule has 0 atom stereocenters. The Kier molecular flexibility index (Phi) is 2.41. The summed E-state index contributed by atoms with van der Waals surface area (Å²) in [7, 11) is 0. The van der Waals surface area contributed by atoms with Crippen molar-refractivity contribution in [1.29, 1.82) is 0 Å². The van der Waals surface area contributed by atoms with Crippen LogP contribution in [0, 0.1) is 5.95 Å². The van der Waals surface area contributed by atoms with Crippen molar-refractivity contribution < 1.29 is 4.39 Å². The van der Waals surface area contributed by atoms with E-state index in [-0.39, 0.29) is 5.28 Å². The van der Waals surface area contributed by atoms with Crippen molar-refractivity contribution in [2.24, 2.45) is 0 Å². The third kappa shape index (κ3) is 2.05. The largest absolute Gasteiger partial charge is 0.245 e. The summed E-state index contributed by atoms with van der Waals surface area (Å²) < 4.78 is 14.2. The minimum Gasteiger partial charge on any atom is -0.245 e. The minimum absolute atomic E-state index is 0.168. The van der Waals surface area contributed by atoms with E-state index >= 15 is 0 Å². The second-order valence-corrected chi connectivity index (χ2v) is 3.00. The fourth-order valence-electron chi connectivity index (χ4n) is 1.05. The second-order valence-electron chi connectivity index (χ2n) is 2.66. The molecule has 14 heavy (non-hydrogen) atoms. The number of hydrogen-bond donors (Lipinski definition) is 0. The summed E-state index contributed by atoms with van der Waals surface area (Å²) in [6, 6.07) is 4.59. The molecule has 0 saturated carbocycles. The van der Waals surface area contributed by atoms with E-state index in [4.69, 9.17) is 11.6 Å². The third-order valence-electron chi connectivity index (χ3n) is 1.61. The molecule has 2 heterocycles. The van der Waals surface area contributed by atoms with Crippen LogP contribution >= 0.6 is 11.6 Å². The molecule has 0 spiro atoms. The van der Waals surface area contributed by atoms with Gasteiger partial charge < -0.3 is 0 Å². The monoisotopic (exact) mass is 212 g/mol. The maximum atomic E-state index is 12.7. The van der Waals surface area contributed by atoms with Crippen LogP contribution in [0.1, 0.15) is 5.69 Å². The fourth-order valence-corrected chi connectivity index (χ4v) is 1.19. The van der Waals surface area contributed by atoms with Gasteiger partial charge in [-0.2, -0.15) is 4.39 Å². The first-order valence-corrected chi connectivity index (χ1v) is 4.28. The lowest BCUT2D eigenvalue weighted by Crippen LogP contribution is -2.02. The first-order valence-electron chi connectivity index (χ1n) is 3.90. The third-order valence-corrected chi connectivity index (χ3v) is 1.78. The predicted octanol–water partition coefficient (Wildman–Crippen LogP) is 1.51. The van der Waals surface area contributed by atoms with Gasteiger partial charge in [-0.1, -0.05) is 6.07 Å². The molecule has 2 rings (SSSR count). The molecule has 0 radical (unpaired) electrons. The highest BCUT2D eigenvalue weighted by molar-refractivity contribution is 6.28. The van der Waals surface area contributed by atoms with Crippen molar-refractivity contribution in [3.8, 4) is 0 Å². The van der Waals surface area contributed by atoms with Gasteiger partial charge >= 0.3 is 0 Å². The van der Waals surface area contributed by atoms with Crippen LogP contribution in [0.15, 0.2) is 24.5 Å². The Morgan fingerprint density at radius 1 is 1.43 bits per heavy atom. The lowest BCUT2D eigenvalue weighted by atomic mass is 10.3. The zero-order chi connectivity index (χ0) is 9.97. The molecule has 72 valence electrons. The van der Waals surface area contributed by atoms with Gasteiger partial charge in [-0.3, -0.25) is 0 Å². The van der Waals surface area contributed by atoms with E-state index in [1.54, 1.807) is 12.1 Å². The van der Waals surface area contributed by atoms with Crippen LogP contribution in [-0.2, 0) is 6.54 Å². The van der Waals surface area contributed by atoms with Gasteiger partial charge in [0.2, 0.25) is 11.2 Å². The number of rotatable bonds is 2. The van der Waals surface area contributed by atoms with Crippen molar-refractivity contribution in [3.63, 3.8) is 0 Å². The molecule has 0 amide bonds. The molecule has 0 aliphatic rings. The highest BCUT2D eigenvalue weighted by Crippen LogP contribution is 2.02. The van der Waals surface area contributed by atoms with E-state index in [1.165, 1.54) is 17.1 Å². The number of nitrogens with zero attached hydrogens (tertiary/aromatic N) is 4. The fraction of sp³-hybridized carbons (Fsp3) is 0.125. The average Bonchev–Trinajstić information content (AvgIpc) is 2.51. The molecular weight excluding hydrogens is 207 g/mol. The van der Waals surface area contributed by atoms with Crippen LogP contribution in [0.3, 0.4) is 0 Å². The molecule has 0 bridgehead atoms. The Balaban J connectivity index is 2.18. The second kappa shape index (κ2) is 3.71. The van der Waals surface area contributed by atoms with Gasteiger partial charge in [-0.05, 0) is 23.7 Å². The molecule has 0 unspecified atom stereocenters. The normalized spacial score (nSPS) is 10.4. The van der Waals surface area contributed by atoms with Crippen LogP contribution in [0.5, 0.6) is 0 Å². The first kappa shape index (κ1) is 9.08. The van der Waals surface area contributed by atoms with E-state index in [0.29, 0.717) is 12.2 Å². The maximum absolute atomic E-state index is 12.7. The van der Waals surface area contributed by atoms with E-state index in [0.717, 1.165) is 0 Å². The summed E-state index contributed by atoms with van der Waals surface area (Å²) in [6.45, 7) is 0.359. The Bertz CT molecular complexity index is 442. The van der Waals surface area contributed by atoms with Gasteiger partial charge in [0, 0.05) is 0 Å². The highest BCUT2D eigenvalue weighted by atomic mass is 35.5. The summed E-state index contributed by atoms with van der Waals surface area (Å²) >= 11 is 5.52. The van der Waals surface area contributed by atoms with Gasteiger partial charge in [0.1, 0.15) is 6.33 Å². The summed E-state index contributed by atoms with van der Waals surface area (Å²) in [5.41, 5.74) is 0.576. The molecule has 6 heteroatoms. The molecule has 0 fully saturated rings. The quantitative estimate of drug-likeness (QED) is 0.709. The van der Waals surface area contributed by atoms with Crippen molar-refractivity contribution in [3.05, 3.63) is 41.5 Å². The zero-order valence-electron chi connectivity index (χ0n) is 7.06. The number of halogens is 2. The van der Waals surface area contributed by atoms with Gasteiger partial charge in [0.25, 0.3) is 0 Å². The standard InChI is InChI=1S/C8H6ClFN4/c9-8-11-5-14(13-8)4-6-2-1-3-7(10)12-6/h1-3,5H,4H2. The van der Waals surface area contributed by atoms with Gasteiger partial charge in [-0.25, -0.2) is 14.6 Å². The Labute approximate surface area is 84.4 Å². The van der Waals surface area contributed by atoms with Crippen molar-refractivity contribution in [2.45, 2.75) is 6.54 Å². The molecule has 0 aliphatic heterocycles. The number of hydrogen-bond acceptors (Lipinski definition) is 3. The van der Waals surface area contributed by atoms with Gasteiger partial charge in [0.05, 0.1) is 12.2 Å². The van der Waals surface area contributed by atoms with E-state index in [2.05, 4.69) is 15.1 Å². The minimum atomic E-state index is -0.506. The zero-order valence-corrected chi connectivity index (χ0v) is 7.82. The van der Waals surface area contributed by atoms with E-state index in [1.807, 2.05) is 0 Å². The summed E-state index contributed by atoms with van der Waals surface area (Å²) in [5, 5.41) is 4.01. The number of pyridine rings is 1. The van der Waals surface area contributed by atoms with E-state index in [9.17, 15) is 4.39 Å². The van der Waals surface area contributed by atoms with Crippen molar-refractivity contribution in [2.75, 3.05) is 0 Å². The first-order chi connectivity index (χ1) is 6.74. The van der Waals surface area contributed by atoms with Crippen molar-refractivity contribution >= 4 is 11.6 Å². The molecular formula is C8H6ClFN4. The Hall–Kier alpha value is -1.49. The van der Waals surface area contributed by atoms with Crippen LogP contribution in [0.25, 0.3) is 0 Å². The lowest BCUT2D eigenvalue weighted by Gasteiger charge is -1.99. The predicted molar refractivity (Wildman–Crippen MR) is 48.3 cm³/mol. The highest BCUT2D eigenvalue weighted by Gasteiger charge is 2.00. The smallest absolute Gasteiger partial charge is 0.242 e. The Morgan fingerprint density at radius 3 is 2.93 bits per heavy atom. The van der Waals surface area contributed by atoms with Gasteiger partial charge in [-0.15, -0.1) is 5.10 Å². The summed E-state index contributed by atoms with van der Waals surface area (Å²) in [6.07, 6.45) is 1.47. The molecule has 2 aromatic heterocycles. The van der Waals surface area contributed by atoms with Crippen molar-refractivity contribution in [1.82, 2.24) is 19.7 Å². The van der Waals surface area contributed by atoms with Crippen LogP contribution in [0.4, 0.5) is 4.39 Å². The SMILES string of the molecule is Fc1cccc(Cn2cnc(Cl)n2)n1. The molecule has 0 saturated heterocycles. The lowest BCUT2D eigenvalue weighted by molar-refractivity contribution is 0.566. The topological polar surface area (TPSA) is 43.6 Å². The van der Waals surface area contributed by atoms with Crippen LogP contribution in [0.2, 0.25) is 5.28 Å². The Morgan fingerprint density at radius 2 is 2.29 bits per heavy atom. The average molecular weight is 213 g/mol. The molecule has 4 nitrogen and oxygen atoms in total. The summed E-state index contributed by atoms with van der Waals surface area (Å²) in [5.74, 6) is -0.506. The molecule has 2 aromatic rings. The molecule has 0 aliphatic carbocycles. The van der Waals surface area contributed by atoms with Crippen LogP contribution in [-0.4, -0.2) is 19.7 Å². The number of aromatic nitrogens is 4. The molecule has 0 aromatic carbocycles.